The maximum Gasteiger partial charge on any atom is 0.241 e. The standard InChI is InChI=1S/C15H23FN6.ClH/c1-4-9(2)14-19-10(3)13-8-18-15(21-22(13)14)20-12-5-6-17-7-11(12)16;/h8-9,11-12,17H,4-7H2,1-3H3,(H,20,21);1H/t9?,11-,12-;/m1./s1. The summed E-state index contributed by atoms with van der Waals surface area (Å²) in [5, 5.41) is 10.7. The number of halogens is 2. The SMILES string of the molecule is CCC(C)c1nc(C)c2cnc(N[C@@H]3CCNC[C@H]3F)nn12.Cl. The maximum atomic E-state index is 13.9. The minimum atomic E-state index is -0.924. The number of piperidine rings is 1. The Morgan fingerprint density at radius 2 is 2.30 bits per heavy atom. The van der Waals surface area contributed by atoms with Crippen molar-refractivity contribution >= 4 is 23.9 Å². The van der Waals surface area contributed by atoms with Gasteiger partial charge in [-0.3, -0.25) is 0 Å². The van der Waals surface area contributed by atoms with Crippen molar-refractivity contribution in [1.82, 2.24) is 24.9 Å². The molecule has 8 heteroatoms. The largest absolute Gasteiger partial charge is 0.347 e. The van der Waals surface area contributed by atoms with Crippen molar-refractivity contribution in [2.45, 2.75) is 51.7 Å². The van der Waals surface area contributed by atoms with Gasteiger partial charge in [0.2, 0.25) is 5.95 Å². The molecule has 0 aromatic carbocycles. The van der Waals surface area contributed by atoms with Gasteiger partial charge in [0.15, 0.2) is 0 Å². The number of imidazole rings is 1. The quantitative estimate of drug-likeness (QED) is 0.893. The smallest absolute Gasteiger partial charge is 0.241 e. The molecule has 0 bridgehead atoms. The average Bonchev–Trinajstić information content (AvgIpc) is 2.85. The predicted octanol–water partition coefficient (Wildman–Crippen LogP) is 2.48. The van der Waals surface area contributed by atoms with E-state index in [-0.39, 0.29) is 18.4 Å². The number of hydrogen-bond acceptors (Lipinski definition) is 5. The summed E-state index contributed by atoms with van der Waals surface area (Å²) in [5.41, 5.74) is 1.83. The summed E-state index contributed by atoms with van der Waals surface area (Å²) in [6.45, 7) is 7.41. The van der Waals surface area contributed by atoms with Crippen LogP contribution in [0.1, 0.15) is 44.1 Å². The molecule has 0 amide bonds. The summed E-state index contributed by atoms with van der Waals surface area (Å²) >= 11 is 0. The summed E-state index contributed by atoms with van der Waals surface area (Å²) in [7, 11) is 0. The van der Waals surface area contributed by atoms with Crippen LogP contribution in [0.5, 0.6) is 0 Å². The van der Waals surface area contributed by atoms with Crippen molar-refractivity contribution in [3.05, 3.63) is 17.7 Å². The van der Waals surface area contributed by atoms with Crippen LogP contribution in [-0.2, 0) is 0 Å². The molecule has 3 heterocycles. The van der Waals surface area contributed by atoms with Crippen LogP contribution in [0.4, 0.5) is 10.3 Å². The fourth-order valence-electron chi connectivity index (χ4n) is 2.77. The van der Waals surface area contributed by atoms with E-state index in [1.165, 1.54) is 0 Å². The molecule has 0 aliphatic carbocycles. The van der Waals surface area contributed by atoms with Crippen molar-refractivity contribution in [2.75, 3.05) is 18.4 Å². The minimum absolute atomic E-state index is 0. The van der Waals surface area contributed by atoms with E-state index in [0.29, 0.717) is 18.4 Å². The Morgan fingerprint density at radius 3 is 3.00 bits per heavy atom. The molecule has 6 nitrogen and oxygen atoms in total. The summed E-state index contributed by atoms with van der Waals surface area (Å²) in [6, 6.07) is -0.240. The van der Waals surface area contributed by atoms with Crippen LogP contribution < -0.4 is 10.6 Å². The van der Waals surface area contributed by atoms with E-state index in [0.717, 1.165) is 36.4 Å². The van der Waals surface area contributed by atoms with Crippen LogP contribution in [0.15, 0.2) is 6.20 Å². The molecule has 2 aromatic heterocycles. The van der Waals surface area contributed by atoms with E-state index in [1.807, 2.05) is 11.4 Å². The van der Waals surface area contributed by atoms with Crippen LogP contribution in [-0.4, -0.2) is 44.9 Å². The lowest BCUT2D eigenvalue weighted by Crippen LogP contribution is -2.45. The fourth-order valence-corrected chi connectivity index (χ4v) is 2.77. The summed E-state index contributed by atoms with van der Waals surface area (Å²) in [5.74, 6) is 1.71. The van der Waals surface area contributed by atoms with Gasteiger partial charge in [0.05, 0.1) is 17.9 Å². The topological polar surface area (TPSA) is 67.1 Å². The van der Waals surface area contributed by atoms with Crippen LogP contribution in [0, 0.1) is 6.92 Å². The third-order valence-electron chi connectivity index (χ3n) is 4.38. The Hall–Kier alpha value is -1.47. The van der Waals surface area contributed by atoms with Gasteiger partial charge < -0.3 is 10.6 Å². The molecular formula is C15H24ClFN6. The average molecular weight is 343 g/mol. The fraction of sp³-hybridized carbons (Fsp3) is 0.667. The van der Waals surface area contributed by atoms with E-state index in [9.17, 15) is 4.39 Å². The number of nitrogens with one attached hydrogen (secondary N) is 2. The number of aromatic nitrogens is 4. The molecule has 1 aliphatic rings. The van der Waals surface area contributed by atoms with Gasteiger partial charge in [0.25, 0.3) is 0 Å². The van der Waals surface area contributed by atoms with Gasteiger partial charge in [-0.1, -0.05) is 13.8 Å². The second-order valence-electron chi connectivity index (χ2n) is 6.00. The highest BCUT2D eigenvalue weighted by atomic mass is 35.5. The Morgan fingerprint density at radius 1 is 1.52 bits per heavy atom. The molecule has 2 aromatic rings. The molecule has 1 unspecified atom stereocenters. The molecule has 1 aliphatic heterocycles. The molecule has 128 valence electrons. The summed E-state index contributed by atoms with van der Waals surface area (Å²) in [4.78, 5) is 8.94. The molecule has 3 atom stereocenters. The van der Waals surface area contributed by atoms with Gasteiger partial charge >= 0.3 is 0 Å². The Labute approximate surface area is 141 Å². The first-order valence-electron chi connectivity index (χ1n) is 7.93. The number of aryl methyl sites for hydroxylation is 1. The summed E-state index contributed by atoms with van der Waals surface area (Å²) < 4.78 is 15.8. The van der Waals surface area contributed by atoms with Crippen molar-refractivity contribution in [3.8, 4) is 0 Å². The second kappa shape index (κ2) is 7.40. The number of anilines is 1. The van der Waals surface area contributed by atoms with Gasteiger partial charge in [-0.15, -0.1) is 17.5 Å². The minimum Gasteiger partial charge on any atom is -0.347 e. The summed E-state index contributed by atoms with van der Waals surface area (Å²) in [6.07, 6.45) is 2.56. The lowest BCUT2D eigenvalue weighted by molar-refractivity contribution is 0.244. The van der Waals surface area contributed by atoms with Crippen molar-refractivity contribution in [2.24, 2.45) is 0 Å². The Kier molecular flexibility index (Phi) is 5.75. The van der Waals surface area contributed by atoms with Crippen molar-refractivity contribution < 1.29 is 4.39 Å². The molecule has 1 saturated heterocycles. The lowest BCUT2D eigenvalue weighted by Gasteiger charge is -2.27. The van der Waals surface area contributed by atoms with Crippen LogP contribution in [0.3, 0.4) is 0 Å². The zero-order valence-corrected chi connectivity index (χ0v) is 14.5. The van der Waals surface area contributed by atoms with Gasteiger partial charge in [0, 0.05) is 12.5 Å². The molecule has 0 spiro atoms. The molecule has 0 radical (unpaired) electrons. The van der Waals surface area contributed by atoms with E-state index in [2.05, 4.69) is 39.5 Å². The predicted molar refractivity (Wildman–Crippen MR) is 91.3 cm³/mol. The van der Waals surface area contributed by atoms with Gasteiger partial charge in [-0.25, -0.2) is 18.9 Å². The third kappa shape index (κ3) is 3.55. The molecule has 1 fully saturated rings. The molecule has 0 saturated carbocycles. The number of rotatable bonds is 4. The molecule has 3 rings (SSSR count). The molecule has 23 heavy (non-hydrogen) atoms. The zero-order chi connectivity index (χ0) is 15.7. The van der Waals surface area contributed by atoms with E-state index >= 15 is 0 Å². The van der Waals surface area contributed by atoms with Crippen molar-refractivity contribution in [3.63, 3.8) is 0 Å². The second-order valence-corrected chi connectivity index (χ2v) is 6.00. The Balaban J connectivity index is 0.00000192. The van der Waals surface area contributed by atoms with E-state index < -0.39 is 6.17 Å². The van der Waals surface area contributed by atoms with Gasteiger partial charge in [0.1, 0.15) is 17.5 Å². The zero-order valence-electron chi connectivity index (χ0n) is 13.7. The number of fused-ring (bicyclic) bond motifs is 1. The Bertz CT molecular complexity index is 661. The number of hydrogen-bond donors (Lipinski definition) is 2. The molecule has 2 N–H and O–H groups in total. The highest BCUT2D eigenvalue weighted by Crippen LogP contribution is 2.21. The highest BCUT2D eigenvalue weighted by molar-refractivity contribution is 5.85. The normalized spacial score (nSPS) is 22.6. The first-order valence-corrected chi connectivity index (χ1v) is 7.93. The maximum absolute atomic E-state index is 13.9. The highest BCUT2D eigenvalue weighted by Gasteiger charge is 2.25. The van der Waals surface area contributed by atoms with Crippen LogP contribution >= 0.6 is 12.4 Å². The first-order chi connectivity index (χ1) is 10.6. The van der Waals surface area contributed by atoms with Crippen molar-refractivity contribution in [1.29, 1.82) is 0 Å². The number of nitrogens with zero attached hydrogens (tertiary/aromatic N) is 4. The van der Waals surface area contributed by atoms with Crippen LogP contribution in [0.25, 0.3) is 5.52 Å². The van der Waals surface area contributed by atoms with Gasteiger partial charge in [-0.2, -0.15) is 0 Å². The van der Waals surface area contributed by atoms with E-state index in [4.69, 9.17) is 0 Å². The third-order valence-corrected chi connectivity index (χ3v) is 4.38. The molecular weight excluding hydrogens is 319 g/mol. The monoisotopic (exact) mass is 342 g/mol. The number of alkyl halides is 1. The van der Waals surface area contributed by atoms with Crippen LogP contribution in [0.2, 0.25) is 0 Å². The van der Waals surface area contributed by atoms with Gasteiger partial charge in [-0.05, 0) is 26.3 Å². The lowest BCUT2D eigenvalue weighted by atomic mass is 10.1. The van der Waals surface area contributed by atoms with E-state index in [1.54, 1.807) is 6.20 Å². The first kappa shape index (κ1) is 17.9.